The molecule has 0 spiro atoms. The molecule has 0 saturated carbocycles. The Morgan fingerprint density at radius 1 is 1.22 bits per heavy atom. The van der Waals surface area contributed by atoms with Crippen LogP contribution in [0.4, 0.5) is 5.82 Å². The first kappa shape index (κ1) is 13.5. The van der Waals surface area contributed by atoms with Gasteiger partial charge >= 0.3 is 5.97 Å². The normalized spacial score (nSPS) is 12.7. The number of carbonyl (C=O) groups is 1. The summed E-state index contributed by atoms with van der Waals surface area (Å²) < 4.78 is 1.78. The number of benzene rings is 1. The van der Waals surface area contributed by atoms with E-state index in [1.165, 1.54) is 0 Å². The van der Waals surface area contributed by atoms with Crippen molar-refractivity contribution in [1.82, 2.24) is 14.8 Å². The predicted molar refractivity (Wildman–Crippen MR) is 85.9 cm³/mol. The second-order valence-corrected chi connectivity index (χ2v) is 5.36. The second kappa shape index (κ2) is 5.24. The monoisotopic (exact) mass is 306 g/mol. The molecule has 3 heterocycles. The van der Waals surface area contributed by atoms with Crippen LogP contribution in [0.15, 0.2) is 48.8 Å². The number of anilines is 1. The molecule has 0 saturated heterocycles. The number of carboxylic acids is 1. The molecule has 0 fully saturated rings. The number of fused-ring (bicyclic) bond motifs is 1. The number of nitrogens with one attached hydrogen (secondary N) is 1. The topological polar surface area (TPSA) is 80.0 Å². The van der Waals surface area contributed by atoms with Gasteiger partial charge in [0.2, 0.25) is 0 Å². The van der Waals surface area contributed by atoms with Crippen LogP contribution in [0.1, 0.15) is 15.9 Å². The minimum absolute atomic E-state index is 0.246. The highest BCUT2D eigenvalue weighted by Crippen LogP contribution is 2.34. The van der Waals surface area contributed by atoms with Crippen LogP contribution < -0.4 is 5.32 Å². The lowest BCUT2D eigenvalue weighted by molar-refractivity contribution is 0.0697. The molecule has 0 aliphatic carbocycles. The lowest BCUT2D eigenvalue weighted by Crippen LogP contribution is -2.05. The molecule has 0 bridgehead atoms. The minimum Gasteiger partial charge on any atom is -0.478 e. The average molecular weight is 306 g/mol. The quantitative estimate of drug-likeness (QED) is 0.777. The first-order valence-corrected chi connectivity index (χ1v) is 7.34. The molecule has 2 N–H and O–H groups in total. The predicted octanol–water partition coefficient (Wildman–Crippen LogP) is 2.60. The van der Waals surface area contributed by atoms with Crippen molar-refractivity contribution in [1.29, 1.82) is 0 Å². The van der Waals surface area contributed by atoms with E-state index in [4.69, 9.17) is 5.10 Å². The summed E-state index contributed by atoms with van der Waals surface area (Å²) in [5.74, 6) is -0.0164. The molecule has 114 valence electrons. The Labute approximate surface area is 132 Å². The third-order valence-corrected chi connectivity index (χ3v) is 3.94. The van der Waals surface area contributed by atoms with Crippen molar-refractivity contribution in [3.05, 3.63) is 59.9 Å². The fourth-order valence-corrected chi connectivity index (χ4v) is 2.87. The van der Waals surface area contributed by atoms with Crippen molar-refractivity contribution < 1.29 is 9.90 Å². The summed E-state index contributed by atoms with van der Waals surface area (Å²) in [6.45, 7) is 0.851. The van der Waals surface area contributed by atoms with E-state index in [9.17, 15) is 9.90 Å². The van der Waals surface area contributed by atoms with Crippen LogP contribution in [-0.2, 0) is 6.42 Å². The summed E-state index contributed by atoms with van der Waals surface area (Å²) in [4.78, 5) is 15.2. The molecular weight excluding hydrogens is 292 g/mol. The Morgan fingerprint density at radius 2 is 2.04 bits per heavy atom. The van der Waals surface area contributed by atoms with Crippen LogP contribution in [0.5, 0.6) is 0 Å². The smallest absolute Gasteiger partial charge is 0.335 e. The van der Waals surface area contributed by atoms with Gasteiger partial charge in [0.1, 0.15) is 5.82 Å². The Kier molecular flexibility index (Phi) is 3.08. The van der Waals surface area contributed by atoms with Crippen molar-refractivity contribution in [3.8, 4) is 16.9 Å². The van der Waals surface area contributed by atoms with E-state index in [1.807, 2.05) is 18.2 Å². The number of nitrogens with zero attached hydrogens (tertiary/aromatic N) is 3. The van der Waals surface area contributed by atoms with E-state index >= 15 is 0 Å². The first-order valence-electron chi connectivity index (χ1n) is 7.34. The van der Waals surface area contributed by atoms with E-state index in [0.717, 1.165) is 41.3 Å². The van der Waals surface area contributed by atoms with E-state index in [0.29, 0.717) is 0 Å². The zero-order chi connectivity index (χ0) is 15.8. The highest BCUT2D eigenvalue weighted by atomic mass is 16.4. The molecule has 0 radical (unpaired) electrons. The van der Waals surface area contributed by atoms with Crippen molar-refractivity contribution in [2.24, 2.45) is 0 Å². The Bertz CT molecular complexity index is 887. The van der Waals surface area contributed by atoms with Gasteiger partial charge in [0.25, 0.3) is 0 Å². The summed E-state index contributed by atoms with van der Waals surface area (Å²) >= 11 is 0. The maximum atomic E-state index is 11.2. The Balaban J connectivity index is 1.88. The number of rotatable bonds is 3. The van der Waals surface area contributed by atoms with Crippen molar-refractivity contribution in [2.75, 3.05) is 11.9 Å². The van der Waals surface area contributed by atoms with Gasteiger partial charge in [-0.3, -0.25) is 4.98 Å². The van der Waals surface area contributed by atoms with Gasteiger partial charge in [0.15, 0.2) is 0 Å². The zero-order valence-corrected chi connectivity index (χ0v) is 12.2. The van der Waals surface area contributed by atoms with Gasteiger partial charge in [0, 0.05) is 30.1 Å². The van der Waals surface area contributed by atoms with E-state index in [1.54, 1.807) is 35.3 Å². The summed E-state index contributed by atoms with van der Waals surface area (Å²) in [7, 11) is 0. The Morgan fingerprint density at radius 3 is 2.83 bits per heavy atom. The molecule has 4 rings (SSSR count). The SMILES string of the molecule is O=C(O)c1cccc(-n2nc(-c3ccncc3)c3c2NCC3)c1. The molecule has 23 heavy (non-hydrogen) atoms. The van der Waals surface area contributed by atoms with Crippen LogP contribution in [0.3, 0.4) is 0 Å². The van der Waals surface area contributed by atoms with Crippen LogP contribution in [0, 0.1) is 0 Å². The molecule has 1 aromatic carbocycles. The minimum atomic E-state index is -0.946. The second-order valence-electron chi connectivity index (χ2n) is 5.36. The van der Waals surface area contributed by atoms with Crippen LogP contribution in [0.2, 0.25) is 0 Å². The molecule has 2 aromatic heterocycles. The van der Waals surface area contributed by atoms with Gasteiger partial charge in [0.05, 0.1) is 16.9 Å². The highest BCUT2D eigenvalue weighted by molar-refractivity contribution is 5.88. The van der Waals surface area contributed by atoms with Crippen LogP contribution >= 0.6 is 0 Å². The first-order chi connectivity index (χ1) is 11.2. The molecule has 3 aromatic rings. The largest absolute Gasteiger partial charge is 0.478 e. The summed E-state index contributed by atoms with van der Waals surface area (Å²) in [6.07, 6.45) is 4.38. The standard InChI is InChI=1S/C17H14N4O2/c22-17(23)12-2-1-3-13(10-12)21-16-14(6-9-19-16)15(20-21)11-4-7-18-8-5-11/h1-5,7-8,10,19H,6,9H2,(H,22,23). The molecule has 1 aliphatic heterocycles. The molecule has 1 aliphatic rings. The molecule has 0 amide bonds. The number of pyridine rings is 1. The van der Waals surface area contributed by atoms with E-state index in [2.05, 4.69) is 10.3 Å². The average Bonchev–Trinajstić information content (AvgIpc) is 3.18. The molecule has 6 nitrogen and oxygen atoms in total. The lowest BCUT2D eigenvalue weighted by Gasteiger charge is -2.07. The lowest BCUT2D eigenvalue weighted by atomic mass is 10.1. The number of hydrogen-bond acceptors (Lipinski definition) is 4. The van der Waals surface area contributed by atoms with Gasteiger partial charge in [-0.25, -0.2) is 9.48 Å². The third-order valence-electron chi connectivity index (χ3n) is 3.94. The number of aromatic nitrogens is 3. The van der Waals surface area contributed by atoms with E-state index in [-0.39, 0.29) is 5.56 Å². The highest BCUT2D eigenvalue weighted by Gasteiger charge is 2.24. The molecular formula is C17H14N4O2. The van der Waals surface area contributed by atoms with Gasteiger partial charge in [-0.05, 0) is 36.8 Å². The Hall–Kier alpha value is -3.15. The third kappa shape index (κ3) is 2.24. The van der Waals surface area contributed by atoms with Gasteiger partial charge in [-0.2, -0.15) is 5.10 Å². The maximum absolute atomic E-state index is 11.2. The van der Waals surface area contributed by atoms with Gasteiger partial charge in [-0.1, -0.05) is 6.07 Å². The number of hydrogen-bond donors (Lipinski definition) is 2. The fourth-order valence-electron chi connectivity index (χ4n) is 2.87. The molecule has 0 unspecified atom stereocenters. The number of carboxylic acid groups (broad SMARTS) is 1. The fraction of sp³-hybridized carbons (Fsp3) is 0.118. The van der Waals surface area contributed by atoms with Crippen molar-refractivity contribution >= 4 is 11.8 Å². The summed E-state index contributed by atoms with van der Waals surface area (Å²) in [5.41, 5.74) is 4.05. The molecule has 6 heteroatoms. The zero-order valence-electron chi connectivity index (χ0n) is 12.2. The maximum Gasteiger partial charge on any atom is 0.335 e. The van der Waals surface area contributed by atoms with E-state index < -0.39 is 5.97 Å². The van der Waals surface area contributed by atoms with Crippen LogP contribution in [-0.4, -0.2) is 32.4 Å². The summed E-state index contributed by atoms with van der Waals surface area (Å²) in [6, 6.07) is 10.7. The van der Waals surface area contributed by atoms with Gasteiger partial charge in [-0.15, -0.1) is 0 Å². The summed E-state index contributed by atoms with van der Waals surface area (Å²) in [5, 5.41) is 17.2. The van der Waals surface area contributed by atoms with Gasteiger partial charge < -0.3 is 10.4 Å². The number of aromatic carboxylic acids is 1. The van der Waals surface area contributed by atoms with Crippen LogP contribution in [0.25, 0.3) is 16.9 Å². The molecule has 0 atom stereocenters. The van der Waals surface area contributed by atoms with Crippen molar-refractivity contribution in [2.45, 2.75) is 6.42 Å². The van der Waals surface area contributed by atoms with Crippen molar-refractivity contribution in [3.63, 3.8) is 0 Å².